The molecule has 5 atom stereocenters. The van der Waals surface area contributed by atoms with Crippen molar-refractivity contribution in [2.75, 3.05) is 12.0 Å². The van der Waals surface area contributed by atoms with Gasteiger partial charge in [-0.05, 0) is 38.7 Å². The number of aliphatic hydroxyl groups excluding tert-OH is 1. The molecule has 0 saturated heterocycles. The molecule has 0 aromatic heterocycles. The fourth-order valence-corrected chi connectivity index (χ4v) is 2.71. The van der Waals surface area contributed by atoms with E-state index >= 15 is 0 Å². The van der Waals surface area contributed by atoms with Gasteiger partial charge in [-0.25, -0.2) is 4.79 Å². The van der Waals surface area contributed by atoms with E-state index in [0.29, 0.717) is 5.75 Å². The van der Waals surface area contributed by atoms with Gasteiger partial charge in [-0.3, -0.25) is 19.2 Å². The number of hydrogen-bond donors (Lipinski definition) is 7. The summed E-state index contributed by atoms with van der Waals surface area (Å²) in [5.41, 5.74) is 5.59. The van der Waals surface area contributed by atoms with Gasteiger partial charge >= 0.3 is 11.9 Å². The van der Waals surface area contributed by atoms with Gasteiger partial charge in [0.25, 0.3) is 0 Å². The van der Waals surface area contributed by atoms with Crippen LogP contribution < -0.4 is 21.7 Å². The van der Waals surface area contributed by atoms with Crippen molar-refractivity contribution in [1.29, 1.82) is 0 Å². The number of amides is 3. The number of nitrogens with two attached hydrogens (primary N) is 1. The number of carboxylic acid groups (broad SMARTS) is 2. The van der Waals surface area contributed by atoms with Crippen LogP contribution in [-0.4, -0.2) is 87.3 Å². The maximum Gasteiger partial charge on any atom is 0.328 e. The Morgan fingerprint density at radius 2 is 1.53 bits per heavy atom. The molecule has 8 N–H and O–H groups in total. The standard InChI is InChI=1S/C17H30N4O8S/c1-8(19-15(26)10(18)4-5-12(23)24)14(25)20-11(6-7-30-3)16(27)21-13(9(2)22)17(28)29/h8-11,13,22H,4-7,18H2,1-3H3,(H,19,26)(H,20,25)(H,21,27)(H,23,24)(H,28,29). The molecule has 0 aromatic carbocycles. The zero-order valence-corrected chi connectivity index (χ0v) is 17.9. The van der Waals surface area contributed by atoms with Gasteiger partial charge < -0.3 is 37.0 Å². The summed E-state index contributed by atoms with van der Waals surface area (Å²) in [6.07, 6.45) is 0.205. The van der Waals surface area contributed by atoms with Crippen LogP contribution in [0.4, 0.5) is 0 Å². The second-order valence-corrected chi connectivity index (χ2v) is 7.66. The Balaban J connectivity index is 4.99. The number of carbonyl (C=O) groups is 5. The van der Waals surface area contributed by atoms with Crippen LogP contribution in [0.3, 0.4) is 0 Å². The van der Waals surface area contributed by atoms with E-state index in [1.807, 2.05) is 0 Å². The SMILES string of the molecule is CSCCC(NC(=O)C(C)NC(=O)C(N)CCC(=O)O)C(=O)NC(C(=O)O)C(C)O. The number of aliphatic carboxylic acids is 2. The van der Waals surface area contributed by atoms with Gasteiger partial charge in [0, 0.05) is 6.42 Å². The number of aliphatic hydroxyl groups is 1. The summed E-state index contributed by atoms with van der Waals surface area (Å²) in [5.74, 6) is -4.27. The smallest absolute Gasteiger partial charge is 0.328 e. The molecule has 172 valence electrons. The first-order valence-corrected chi connectivity index (χ1v) is 10.6. The third kappa shape index (κ3) is 10.4. The molecular weight excluding hydrogens is 420 g/mol. The Morgan fingerprint density at radius 3 is 2.00 bits per heavy atom. The van der Waals surface area contributed by atoms with Crippen LogP contribution in [-0.2, 0) is 24.0 Å². The molecule has 5 unspecified atom stereocenters. The lowest BCUT2D eigenvalue weighted by Crippen LogP contribution is -2.57. The van der Waals surface area contributed by atoms with Gasteiger partial charge in [-0.2, -0.15) is 11.8 Å². The van der Waals surface area contributed by atoms with Gasteiger partial charge in [-0.1, -0.05) is 0 Å². The third-order valence-corrected chi connectivity index (χ3v) is 4.69. The summed E-state index contributed by atoms with van der Waals surface area (Å²) >= 11 is 1.41. The fraction of sp³-hybridized carbons (Fsp3) is 0.706. The number of nitrogens with one attached hydrogen (secondary N) is 3. The molecule has 0 bridgehead atoms. The molecule has 0 rings (SSSR count). The Kier molecular flexibility index (Phi) is 12.7. The first kappa shape index (κ1) is 27.6. The summed E-state index contributed by atoms with van der Waals surface area (Å²) in [4.78, 5) is 58.5. The minimum Gasteiger partial charge on any atom is -0.481 e. The Morgan fingerprint density at radius 1 is 0.933 bits per heavy atom. The summed E-state index contributed by atoms with van der Waals surface area (Å²) in [7, 11) is 0. The quantitative estimate of drug-likeness (QED) is 0.153. The van der Waals surface area contributed by atoms with Crippen molar-refractivity contribution in [3.05, 3.63) is 0 Å². The van der Waals surface area contributed by atoms with Crippen molar-refractivity contribution in [1.82, 2.24) is 16.0 Å². The van der Waals surface area contributed by atoms with E-state index < -0.39 is 59.9 Å². The van der Waals surface area contributed by atoms with E-state index in [1.165, 1.54) is 25.6 Å². The van der Waals surface area contributed by atoms with Crippen LogP contribution in [0.15, 0.2) is 0 Å². The van der Waals surface area contributed by atoms with Gasteiger partial charge in [0.15, 0.2) is 6.04 Å². The predicted octanol–water partition coefficient (Wildman–Crippen LogP) is -2.13. The van der Waals surface area contributed by atoms with Crippen molar-refractivity contribution >= 4 is 41.4 Å². The van der Waals surface area contributed by atoms with Crippen LogP contribution in [0.1, 0.15) is 33.1 Å². The van der Waals surface area contributed by atoms with Gasteiger partial charge in [0.05, 0.1) is 12.1 Å². The molecule has 13 heteroatoms. The third-order valence-electron chi connectivity index (χ3n) is 4.05. The molecule has 0 heterocycles. The van der Waals surface area contributed by atoms with E-state index in [1.54, 1.807) is 6.26 Å². The molecule has 0 radical (unpaired) electrons. The van der Waals surface area contributed by atoms with E-state index in [-0.39, 0.29) is 19.3 Å². The van der Waals surface area contributed by atoms with Crippen molar-refractivity contribution < 1.29 is 39.3 Å². The van der Waals surface area contributed by atoms with E-state index in [0.717, 1.165) is 0 Å². The largest absolute Gasteiger partial charge is 0.481 e. The number of rotatable bonds is 14. The highest BCUT2D eigenvalue weighted by Crippen LogP contribution is 2.04. The number of thioether (sulfide) groups is 1. The average molecular weight is 451 g/mol. The molecule has 0 aromatic rings. The highest BCUT2D eigenvalue weighted by atomic mass is 32.2. The molecule has 0 aliphatic rings. The molecular formula is C17H30N4O8S. The van der Waals surface area contributed by atoms with Gasteiger partial charge in [-0.15, -0.1) is 0 Å². The lowest BCUT2D eigenvalue weighted by Gasteiger charge is -2.24. The number of carboxylic acids is 2. The zero-order valence-electron chi connectivity index (χ0n) is 17.1. The molecule has 12 nitrogen and oxygen atoms in total. The fourth-order valence-electron chi connectivity index (χ4n) is 2.24. The zero-order chi connectivity index (χ0) is 23.4. The first-order chi connectivity index (χ1) is 13.9. The molecule has 0 fully saturated rings. The Hall–Kier alpha value is -2.38. The number of carbonyl (C=O) groups excluding carboxylic acids is 3. The molecule has 30 heavy (non-hydrogen) atoms. The average Bonchev–Trinajstić information content (AvgIpc) is 2.65. The Labute approximate surface area is 178 Å². The van der Waals surface area contributed by atoms with E-state index in [4.69, 9.17) is 15.9 Å². The minimum atomic E-state index is -1.55. The predicted molar refractivity (Wildman–Crippen MR) is 109 cm³/mol. The second-order valence-electron chi connectivity index (χ2n) is 6.68. The molecule has 0 aliphatic carbocycles. The van der Waals surface area contributed by atoms with Crippen molar-refractivity contribution in [2.45, 2.75) is 63.4 Å². The maximum atomic E-state index is 12.4. The lowest BCUT2D eigenvalue weighted by molar-refractivity contribution is -0.145. The molecule has 0 aliphatic heterocycles. The first-order valence-electron chi connectivity index (χ1n) is 9.19. The normalized spacial score (nSPS) is 15.8. The Bertz CT molecular complexity index is 631. The topological polar surface area (TPSA) is 208 Å². The second kappa shape index (κ2) is 13.8. The summed E-state index contributed by atoms with van der Waals surface area (Å²) in [6.45, 7) is 2.57. The molecule has 0 spiro atoms. The van der Waals surface area contributed by atoms with Crippen molar-refractivity contribution in [2.24, 2.45) is 5.73 Å². The van der Waals surface area contributed by atoms with Crippen LogP contribution in [0.5, 0.6) is 0 Å². The summed E-state index contributed by atoms with van der Waals surface area (Å²) in [5, 5.41) is 34.2. The van der Waals surface area contributed by atoms with E-state index in [9.17, 15) is 29.1 Å². The van der Waals surface area contributed by atoms with Crippen LogP contribution >= 0.6 is 11.8 Å². The highest BCUT2D eigenvalue weighted by molar-refractivity contribution is 7.98. The molecule has 3 amide bonds. The van der Waals surface area contributed by atoms with Crippen LogP contribution in [0, 0.1) is 0 Å². The van der Waals surface area contributed by atoms with Gasteiger partial charge in [0.2, 0.25) is 17.7 Å². The van der Waals surface area contributed by atoms with Crippen molar-refractivity contribution in [3.63, 3.8) is 0 Å². The summed E-state index contributed by atoms with van der Waals surface area (Å²) < 4.78 is 0. The van der Waals surface area contributed by atoms with Crippen LogP contribution in [0.2, 0.25) is 0 Å². The lowest BCUT2D eigenvalue weighted by atomic mass is 10.1. The van der Waals surface area contributed by atoms with Gasteiger partial charge in [0.1, 0.15) is 12.1 Å². The highest BCUT2D eigenvalue weighted by Gasteiger charge is 2.30. The minimum absolute atomic E-state index is 0.107. The van der Waals surface area contributed by atoms with Crippen molar-refractivity contribution in [3.8, 4) is 0 Å². The number of hydrogen-bond acceptors (Lipinski definition) is 8. The maximum absolute atomic E-state index is 12.4. The van der Waals surface area contributed by atoms with Crippen LogP contribution in [0.25, 0.3) is 0 Å². The summed E-state index contributed by atoms with van der Waals surface area (Å²) in [6, 6.07) is -4.83. The monoisotopic (exact) mass is 450 g/mol. The van der Waals surface area contributed by atoms with E-state index in [2.05, 4.69) is 16.0 Å². The molecule has 0 saturated carbocycles.